The van der Waals surface area contributed by atoms with Crippen LogP contribution in [0.15, 0.2) is 48.5 Å². The van der Waals surface area contributed by atoms with Gasteiger partial charge in [-0.05, 0) is 43.3 Å². The van der Waals surface area contributed by atoms with Crippen molar-refractivity contribution in [2.24, 2.45) is 0 Å². The normalized spacial score (nSPS) is 15.8. The largest absolute Gasteiger partial charge is 0.462 e. The molecule has 0 bridgehead atoms. The predicted molar refractivity (Wildman–Crippen MR) is 93.2 cm³/mol. The summed E-state index contributed by atoms with van der Waals surface area (Å²) < 4.78 is 4.98. The molecule has 23 heavy (non-hydrogen) atoms. The fourth-order valence-electron chi connectivity index (χ4n) is 2.57. The molecule has 2 aromatic rings. The van der Waals surface area contributed by atoms with Crippen LogP contribution in [0.4, 0.5) is 17.1 Å². The number of carbonyl (C=O) groups is 1. The molecule has 5 heteroatoms. The molecule has 0 saturated carbocycles. The molecule has 0 amide bonds. The number of nitrogens with one attached hydrogen (secondary N) is 3. The van der Waals surface area contributed by atoms with Gasteiger partial charge in [0, 0.05) is 18.8 Å². The highest BCUT2D eigenvalue weighted by molar-refractivity contribution is 5.89. The number of fused-ring (bicyclic) bond motifs is 1. The van der Waals surface area contributed by atoms with Crippen LogP contribution >= 0.6 is 0 Å². The molecule has 0 saturated heterocycles. The number of ether oxygens (including phenoxy) is 1. The fourth-order valence-corrected chi connectivity index (χ4v) is 2.57. The molecule has 0 spiro atoms. The van der Waals surface area contributed by atoms with Crippen molar-refractivity contribution in [3.63, 3.8) is 0 Å². The molecule has 0 aliphatic carbocycles. The summed E-state index contributed by atoms with van der Waals surface area (Å²) in [6.07, 6.45) is 0. The second-order valence-electron chi connectivity index (χ2n) is 5.45. The molecule has 1 heterocycles. The van der Waals surface area contributed by atoms with E-state index in [1.54, 1.807) is 19.1 Å². The third-order valence-corrected chi connectivity index (χ3v) is 3.77. The Kier molecular flexibility index (Phi) is 4.66. The van der Waals surface area contributed by atoms with Crippen molar-refractivity contribution in [1.29, 1.82) is 0 Å². The second-order valence-corrected chi connectivity index (χ2v) is 5.45. The van der Waals surface area contributed by atoms with Crippen molar-refractivity contribution in [3.8, 4) is 0 Å². The lowest BCUT2D eigenvalue weighted by molar-refractivity contribution is 0.0526. The molecule has 5 nitrogen and oxygen atoms in total. The minimum Gasteiger partial charge on any atom is -0.462 e. The minimum atomic E-state index is -0.284. The zero-order valence-corrected chi connectivity index (χ0v) is 13.1. The third kappa shape index (κ3) is 3.74. The van der Waals surface area contributed by atoms with Crippen LogP contribution in [0.5, 0.6) is 0 Å². The van der Waals surface area contributed by atoms with Crippen LogP contribution in [0.3, 0.4) is 0 Å². The lowest BCUT2D eigenvalue weighted by Crippen LogP contribution is -2.38. The highest BCUT2D eigenvalue weighted by Gasteiger charge is 2.16. The molecule has 3 rings (SSSR count). The molecule has 0 unspecified atom stereocenters. The van der Waals surface area contributed by atoms with Gasteiger partial charge in [-0.2, -0.15) is 0 Å². The quantitative estimate of drug-likeness (QED) is 0.740. The van der Waals surface area contributed by atoms with Gasteiger partial charge in [-0.1, -0.05) is 12.1 Å². The van der Waals surface area contributed by atoms with Gasteiger partial charge in [-0.3, -0.25) is 0 Å². The standard InChI is InChI=1S/C18H21N3O2/c1-2-23-18(22)13-7-9-14(10-8-13)19-11-15-12-20-16-5-3-4-6-17(16)21-15/h3-10,15,19-21H,2,11-12H2,1H3/t15-/m0/s1. The van der Waals surface area contributed by atoms with Crippen molar-refractivity contribution in [2.75, 3.05) is 35.6 Å². The molecule has 120 valence electrons. The van der Waals surface area contributed by atoms with Crippen LogP contribution in [0.25, 0.3) is 0 Å². The number of esters is 1. The Bertz CT molecular complexity index is 670. The maximum Gasteiger partial charge on any atom is 0.338 e. The average Bonchev–Trinajstić information content (AvgIpc) is 2.60. The number of hydrogen-bond donors (Lipinski definition) is 3. The fraction of sp³-hybridized carbons (Fsp3) is 0.278. The zero-order chi connectivity index (χ0) is 16.1. The number of para-hydroxylation sites is 2. The van der Waals surface area contributed by atoms with Crippen LogP contribution in [0, 0.1) is 0 Å². The SMILES string of the molecule is CCOC(=O)c1ccc(NC[C@H]2CNc3ccccc3N2)cc1. The Morgan fingerprint density at radius 3 is 2.65 bits per heavy atom. The average molecular weight is 311 g/mol. The molecule has 1 atom stereocenters. The van der Waals surface area contributed by atoms with Gasteiger partial charge in [-0.15, -0.1) is 0 Å². The maximum absolute atomic E-state index is 11.6. The van der Waals surface area contributed by atoms with Crippen LogP contribution in [0.1, 0.15) is 17.3 Å². The van der Waals surface area contributed by atoms with Crippen LogP contribution in [-0.2, 0) is 4.74 Å². The number of anilines is 3. The molecule has 1 aliphatic heterocycles. The smallest absolute Gasteiger partial charge is 0.338 e. The molecule has 0 aromatic heterocycles. The molecular weight excluding hydrogens is 290 g/mol. The van der Waals surface area contributed by atoms with Crippen molar-refractivity contribution in [2.45, 2.75) is 13.0 Å². The highest BCUT2D eigenvalue weighted by atomic mass is 16.5. The molecule has 2 aromatic carbocycles. The summed E-state index contributed by atoms with van der Waals surface area (Å²) in [7, 11) is 0. The van der Waals surface area contributed by atoms with E-state index in [0.29, 0.717) is 18.2 Å². The summed E-state index contributed by atoms with van der Waals surface area (Å²) in [5.74, 6) is -0.284. The van der Waals surface area contributed by atoms with Crippen molar-refractivity contribution in [1.82, 2.24) is 0 Å². The summed E-state index contributed by atoms with van der Waals surface area (Å²) in [5.41, 5.74) is 3.83. The molecule has 0 radical (unpaired) electrons. The number of benzene rings is 2. The lowest BCUT2D eigenvalue weighted by atomic mass is 10.1. The van der Waals surface area contributed by atoms with E-state index in [0.717, 1.165) is 30.2 Å². The van der Waals surface area contributed by atoms with E-state index < -0.39 is 0 Å². The first-order valence-corrected chi connectivity index (χ1v) is 7.87. The minimum absolute atomic E-state index is 0.284. The van der Waals surface area contributed by atoms with E-state index in [2.05, 4.69) is 28.1 Å². The van der Waals surface area contributed by atoms with Crippen molar-refractivity contribution in [3.05, 3.63) is 54.1 Å². The summed E-state index contributed by atoms with van der Waals surface area (Å²) in [6, 6.07) is 15.9. The second kappa shape index (κ2) is 7.05. The number of hydrogen-bond acceptors (Lipinski definition) is 5. The van der Waals surface area contributed by atoms with Crippen LogP contribution in [-0.4, -0.2) is 31.7 Å². The summed E-state index contributed by atoms with van der Waals surface area (Å²) in [5, 5.41) is 10.3. The number of rotatable bonds is 5. The monoisotopic (exact) mass is 311 g/mol. The van der Waals surface area contributed by atoms with Gasteiger partial charge in [0.25, 0.3) is 0 Å². The van der Waals surface area contributed by atoms with E-state index in [1.807, 2.05) is 24.3 Å². The van der Waals surface area contributed by atoms with E-state index >= 15 is 0 Å². The predicted octanol–water partition coefficient (Wildman–Crippen LogP) is 3.18. The first-order valence-electron chi connectivity index (χ1n) is 7.87. The van der Waals surface area contributed by atoms with E-state index in [9.17, 15) is 4.79 Å². The molecule has 3 N–H and O–H groups in total. The van der Waals surface area contributed by atoms with Gasteiger partial charge in [0.15, 0.2) is 0 Å². The Balaban J connectivity index is 1.54. The highest BCUT2D eigenvalue weighted by Crippen LogP contribution is 2.25. The van der Waals surface area contributed by atoms with Gasteiger partial charge in [-0.25, -0.2) is 4.79 Å². The zero-order valence-electron chi connectivity index (χ0n) is 13.1. The number of carbonyl (C=O) groups excluding carboxylic acids is 1. The Labute approximate surface area is 136 Å². The first kappa shape index (κ1) is 15.2. The van der Waals surface area contributed by atoms with Gasteiger partial charge in [0.05, 0.1) is 29.6 Å². The Hall–Kier alpha value is -2.69. The maximum atomic E-state index is 11.6. The third-order valence-electron chi connectivity index (χ3n) is 3.77. The van der Waals surface area contributed by atoms with E-state index in [-0.39, 0.29) is 5.97 Å². The van der Waals surface area contributed by atoms with Crippen LogP contribution < -0.4 is 16.0 Å². The van der Waals surface area contributed by atoms with Gasteiger partial charge in [0.2, 0.25) is 0 Å². The van der Waals surface area contributed by atoms with Crippen molar-refractivity contribution >= 4 is 23.0 Å². The Morgan fingerprint density at radius 1 is 1.17 bits per heavy atom. The summed E-state index contributed by atoms with van der Waals surface area (Å²) >= 11 is 0. The van der Waals surface area contributed by atoms with Gasteiger partial charge < -0.3 is 20.7 Å². The first-order chi connectivity index (χ1) is 11.3. The molecule has 0 fully saturated rings. The summed E-state index contributed by atoms with van der Waals surface area (Å²) in [4.78, 5) is 11.6. The van der Waals surface area contributed by atoms with Crippen LogP contribution in [0.2, 0.25) is 0 Å². The topological polar surface area (TPSA) is 62.4 Å². The van der Waals surface area contributed by atoms with Gasteiger partial charge in [0.1, 0.15) is 0 Å². The summed E-state index contributed by atoms with van der Waals surface area (Å²) in [6.45, 7) is 3.85. The molecular formula is C18H21N3O2. The Morgan fingerprint density at radius 2 is 1.91 bits per heavy atom. The van der Waals surface area contributed by atoms with E-state index in [1.165, 1.54) is 0 Å². The molecule has 1 aliphatic rings. The lowest BCUT2D eigenvalue weighted by Gasteiger charge is -2.28. The van der Waals surface area contributed by atoms with Gasteiger partial charge >= 0.3 is 5.97 Å². The van der Waals surface area contributed by atoms with E-state index in [4.69, 9.17) is 4.74 Å². The van der Waals surface area contributed by atoms with Crippen molar-refractivity contribution < 1.29 is 9.53 Å².